The van der Waals surface area contributed by atoms with E-state index in [0.717, 1.165) is 17.5 Å². The van der Waals surface area contributed by atoms with Gasteiger partial charge in [-0.25, -0.2) is 19.9 Å². The van der Waals surface area contributed by atoms with E-state index in [1.165, 1.54) is 18.6 Å². The van der Waals surface area contributed by atoms with Gasteiger partial charge in [-0.1, -0.05) is 11.6 Å². The zero-order valence-electron chi connectivity index (χ0n) is 14.9. The number of anilines is 2. The number of pyridine rings is 1. The van der Waals surface area contributed by atoms with Crippen LogP contribution in [0.5, 0.6) is 0 Å². The lowest BCUT2D eigenvalue weighted by Gasteiger charge is -2.10. The fourth-order valence-electron chi connectivity index (χ4n) is 2.31. The average molecular weight is 457 g/mol. The van der Waals surface area contributed by atoms with Crippen molar-refractivity contribution >= 4 is 46.3 Å². The Morgan fingerprint density at radius 1 is 1.13 bits per heavy atom. The van der Waals surface area contributed by atoms with Gasteiger partial charge in [0.1, 0.15) is 28.5 Å². The molecule has 0 unspecified atom stereocenters. The Labute approximate surface area is 176 Å². The molecule has 0 saturated carbocycles. The number of carbonyl (C=O) groups is 2. The number of thiazole rings is 1. The summed E-state index contributed by atoms with van der Waals surface area (Å²) in [6.07, 6.45) is -1.09. The van der Waals surface area contributed by atoms with Crippen molar-refractivity contribution in [1.29, 1.82) is 0 Å². The van der Waals surface area contributed by atoms with Crippen LogP contribution in [0.1, 0.15) is 37.2 Å². The van der Waals surface area contributed by atoms with Crippen LogP contribution in [0.25, 0.3) is 0 Å². The standard InChI is InChI=1S/C17H12ClF3N6O2S/c18-9-5-23-14(3-8(9)17(19,20)21)27-16(29)12-6-24-15(30-12)2-1-11(28)10-4-13(22)26-7-25-10/h3-7H,1-2H2,(H2,22,25,26)(H,23,27,29). The number of nitrogens with one attached hydrogen (secondary N) is 1. The minimum atomic E-state index is -4.68. The van der Waals surface area contributed by atoms with Crippen LogP contribution in [0.2, 0.25) is 5.02 Å². The van der Waals surface area contributed by atoms with Gasteiger partial charge >= 0.3 is 6.18 Å². The molecule has 3 N–H and O–H groups in total. The summed E-state index contributed by atoms with van der Waals surface area (Å²) in [6.45, 7) is 0. The highest BCUT2D eigenvalue weighted by Crippen LogP contribution is 2.35. The fraction of sp³-hybridized carbons (Fsp3) is 0.176. The van der Waals surface area contributed by atoms with Crippen LogP contribution < -0.4 is 11.1 Å². The number of hydrogen-bond donors (Lipinski definition) is 2. The first kappa shape index (κ1) is 21.6. The van der Waals surface area contributed by atoms with Crippen LogP contribution in [-0.4, -0.2) is 31.6 Å². The van der Waals surface area contributed by atoms with Crippen molar-refractivity contribution in [3.8, 4) is 0 Å². The number of carbonyl (C=O) groups excluding carboxylic acids is 2. The van der Waals surface area contributed by atoms with Gasteiger partial charge in [-0.3, -0.25) is 9.59 Å². The fourth-order valence-corrected chi connectivity index (χ4v) is 3.33. The first-order valence-corrected chi connectivity index (χ1v) is 9.42. The summed E-state index contributed by atoms with van der Waals surface area (Å²) < 4.78 is 38.7. The number of nitrogens with zero attached hydrogens (tertiary/aromatic N) is 4. The molecule has 156 valence electrons. The van der Waals surface area contributed by atoms with Gasteiger partial charge in [0.2, 0.25) is 0 Å². The summed E-state index contributed by atoms with van der Waals surface area (Å²) in [5.74, 6) is -1.08. The molecule has 0 spiro atoms. The summed E-state index contributed by atoms with van der Waals surface area (Å²) in [6, 6.07) is 2.01. The Morgan fingerprint density at radius 3 is 2.60 bits per heavy atom. The van der Waals surface area contributed by atoms with E-state index in [-0.39, 0.29) is 40.8 Å². The van der Waals surface area contributed by atoms with Crippen LogP contribution in [0, 0.1) is 0 Å². The van der Waals surface area contributed by atoms with Crippen molar-refractivity contribution in [1.82, 2.24) is 19.9 Å². The lowest BCUT2D eigenvalue weighted by molar-refractivity contribution is -0.137. The molecule has 0 bridgehead atoms. The van der Waals surface area contributed by atoms with Crippen molar-refractivity contribution in [3.63, 3.8) is 0 Å². The molecule has 0 fully saturated rings. The largest absolute Gasteiger partial charge is 0.418 e. The molecule has 0 radical (unpaired) electrons. The molecule has 3 aromatic rings. The summed E-state index contributed by atoms with van der Waals surface area (Å²) in [5.41, 5.74) is 4.58. The first-order valence-electron chi connectivity index (χ1n) is 8.23. The number of alkyl halides is 3. The SMILES string of the molecule is Nc1cc(C(=O)CCc2ncc(C(=O)Nc3cc(C(F)(F)F)c(Cl)cn3)s2)ncn1. The smallest absolute Gasteiger partial charge is 0.384 e. The molecular formula is C17H12ClF3N6O2S. The van der Waals surface area contributed by atoms with Crippen LogP contribution in [-0.2, 0) is 12.6 Å². The van der Waals surface area contributed by atoms with Crippen LogP contribution in [0.4, 0.5) is 24.8 Å². The van der Waals surface area contributed by atoms with E-state index in [9.17, 15) is 22.8 Å². The predicted molar refractivity (Wildman–Crippen MR) is 103 cm³/mol. The van der Waals surface area contributed by atoms with E-state index in [2.05, 4.69) is 25.3 Å². The Bertz CT molecular complexity index is 1110. The predicted octanol–water partition coefficient (Wildman–Crippen LogP) is 3.65. The minimum Gasteiger partial charge on any atom is -0.384 e. The molecule has 3 heterocycles. The number of nitrogen functional groups attached to an aromatic ring is 1. The van der Waals surface area contributed by atoms with Gasteiger partial charge in [0.05, 0.1) is 21.8 Å². The van der Waals surface area contributed by atoms with Gasteiger partial charge in [-0.15, -0.1) is 11.3 Å². The second-order valence-corrected chi connectivity index (χ2v) is 7.39. The van der Waals surface area contributed by atoms with Crippen molar-refractivity contribution in [2.75, 3.05) is 11.1 Å². The van der Waals surface area contributed by atoms with Gasteiger partial charge < -0.3 is 11.1 Å². The molecule has 0 aliphatic heterocycles. The molecular weight excluding hydrogens is 445 g/mol. The Balaban J connectivity index is 1.63. The number of amides is 1. The third-order valence-electron chi connectivity index (χ3n) is 3.72. The van der Waals surface area contributed by atoms with Crippen LogP contribution >= 0.6 is 22.9 Å². The third-order valence-corrected chi connectivity index (χ3v) is 5.08. The van der Waals surface area contributed by atoms with Gasteiger partial charge in [0, 0.05) is 25.1 Å². The second kappa shape index (κ2) is 8.71. The molecule has 0 aliphatic carbocycles. The summed E-state index contributed by atoms with van der Waals surface area (Å²) in [4.78, 5) is 39.8. The lowest BCUT2D eigenvalue weighted by atomic mass is 10.1. The Hall–Kier alpha value is -3.12. The quantitative estimate of drug-likeness (QED) is 0.542. The van der Waals surface area contributed by atoms with Gasteiger partial charge in [-0.05, 0) is 6.07 Å². The van der Waals surface area contributed by atoms with Crippen molar-refractivity contribution in [2.45, 2.75) is 19.0 Å². The monoisotopic (exact) mass is 456 g/mol. The molecule has 13 heteroatoms. The number of aromatic nitrogens is 4. The number of aryl methyl sites for hydroxylation is 1. The number of rotatable bonds is 6. The number of nitrogens with two attached hydrogens (primary N) is 1. The van der Waals surface area contributed by atoms with E-state index < -0.39 is 22.7 Å². The van der Waals surface area contributed by atoms with Crippen molar-refractivity contribution in [2.24, 2.45) is 0 Å². The zero-order valence-corrected chi connectivity index (χ0v) is 16.5. The number of Topliss-reactive ketones (excluding diaryl/α,β-unsaturated/α-hetero) is 1. The number of halogens is 4. The topological polar surface area (TPSA) is 124 Å². The summed E-state index contributed by atoms with van der Waals surface area (Å²) >= 11 is 6.51. The van der Waals surface area contributed by atoms with E-state index in [1.807, 2.05) is 0 Å². The molecule has 1 amide bonds. The van der Waals surface area contributed by atoms with E-state index >= 15 is 0 Å². The molecule has 0 aliphatic rings. The maximum absolute atomic E-state index is 12.9. The molecule has 0 aromatic carbocycles. The normalized spacial score (nSPS) is 11.3. The maximum atomic E-state index is 12.9. The molecule has 3 aromatic heterocycles. The van der Waals surface area contributed by atoms with Gasteiger partial charge in [-0.2, -0.15) is 13.2 Å². The Kier molecular flexibility index (Phi) is 6.27. The molecule has 8 nitrogen and oxygen atoms in total. The maximum Gasteiger partial charge on any atom is 0.418 e. The highest BCUT2D eigenvalue weighted by Gasteiger charge is 2.34. The molecule has 0 saturated heterocycles. The average Bonchev–Trinajstić information content (AvgIpc) is 3.16. The number of ketones is 1. The highest BCUT2D eigenvalue weighted by atomic mass is 35.5. The number of hydrogen-bond acceptors (Lipinski definition) is 8. The third kappa shape index (κ3) is 5.27. The van der Waals surface area contributed by atoms with E-state index in [4.69, 9.17) is 17.3 Å². The van der Waals surface area contributed by atoms with Crippen molar-refractivity contribution in [3.05, 3.63) is 57.0 Å². The van der Waals surface area contributed by atoms with Crippen molar-refractivity contribution < 1.29 is 22.8 Å². The first-order chi connectivity index (χ1) is 14.1. The lowest BCUT2D eigenvalue weighted by Crippen LogP contribution is -2.13. The van der Waals surface area contributed by atoms with Gasteiger partial charge in [0.25, 0.3) is 5.91 Å². The second-order valence-electron chi connectivity index (χ2n) is 5.87. The summed E-state index contributed by atoms with van der Waals surface area (Å²) in [7, 11) is 0. The molecule has 0 atom stereocenters. The zero-order chi connectivity index (χ0) is 21.9. The molecule has 3 rings (SSSR count). The Morgan fingerprint density at radius 2 is 1.90 bits per heavy atom. The van der Waals surface area contributed by atoms with Crippen LogP contribution in [0.3, 0.4) is 0 Å². The van der Waals surface area contributed by atoms with Gasteiger partial charge in [0.15, 0.2) is 5.78 Å². The molecule has 30 heavy (non-hydrogen) atoms. The van der Waals surface area contributed by atoms with E-state index in [0.29, 0.717) is 11.1 Å². The summed E-state index contributed by atoms with van der Waals surface area (Å²) in [5, 5.41) is 2.19. The van der Waals surface area contributed by atoms with E-state index in [1.54, 1.807) is 0 Å². The van der Waals surface area contributed by atoms with Crippen LogP contribution in [0.15, 0.2) is 30.9 Å². The minimum absolute atomic E-state index is 0.0821. The highest BCUT2D eigenvalue weighted by molar-refractivity contribution is 7.13.